The Morgan fingerprint density at radius 3 is 2.43 bits per heavy atom. The highest BCUT2D eigenvalue weighted by atomic mass is 32.1. The van der Waals surface area contributed by atoms with Crippen molar-refractivity contribution in [2.75, 3.05) is 11.9 Å². The summed E-state index contributed by atoms with van der Waals surface area (Å²) in [6.45, 7) is 3.46. The summed E-state index contributed by atoms with van der Waals surface area (Å²) in [5.74, 6) is -1.64. The zero-order chi connectivity index (χ0) is 17.0. The van der Waals surface area contributed by atoms with Crippen molar-refractivity contribution in [3.05, 3.63) is 51.9 Å². The molecule has 0 saturated heterocycles. The molecule has 0 unspecified atom stereocenters. The Morgan fingerprint density at radius 2 is 1.87 bits per heavy atom. The van der Waals surface area contributed by atoms with E-state index < -0.39 is 11.9 Å². The maximum atomic E-state index is 12.3. The number of ether oxygens (including phenoxy) is 1. The summed E-state index contributed by atoms with van der Waals surface area (Å²) in [6, 6.07) is 8.55. The molecule has 1 aromatic heterocycles. The molecule has 1 heterocycles. The number of carbonyl (C=O) groups is 3. The topological polar surface area (TPSA) is 98.5 Å². The fourth-order valence-electron chi connectivity index (χ4n) is 2.05. The summed E-state index contributed by atoms with van der Waals surface area (Å²) in [6.07, 6.45) is 0. The van der Waals surface area contributed by atoms with Crippen LogP contribution in [0.15, 0.2) is 30.3 Å². The minimum Gasteiger partial charge on any atom is -0.462 e. The monoisotopic (exact) mass is 332 g/mol. The molecule has 0 aliphatic heterocycles. The molecule has 120 valence electrons. The lowest BCUT2D eigenvalue weighted by Crippen LogP contribution is -2.15. The molecular weight excluding hydrogens is 316 g/mol. The third kappa shape index (κ3) is 3.57. The Balaban J connectivity index is 2.40. The van der Waals surface area contributed by atoms with Crippen molar-refractivity contribution in [3.63, 3.8) is 0 Å². The smallest absolute Gasteiger partial charge is 0.341 e. The highest BCUT2D eigenvalue weighted by molar-refractivity contribution is 7.18. The Morgan fingerprint density at radius 1 is 1.22 bits per heavy atom. The molecule has 7 heteroatoms. The molecule has 0 saturated carbocycles. The van der Waals surface area contributed by atoms with Gasteiger partial charge >= 0.3 is 5.97 Å². The van der Waals surface area contributed by atoms with Gasteiger partial charge in [-0.3, -0.25) is 9.59 Å². The van der Waals surface area contributed by atoms with Gasteiger partial charge in [-0.1, -0.05) is 18.2 Å². The van der Waals surface area contributed by atoms with E-state index >= 15 is 0 Å². The Labute approximate surface area is 137 Å². The molecule has 0 spiro atoms. The molecule has 0 bridgehead atoms. The van der Waals surface area contributed by atoms with Gasteiger partial charge in [0.05, 0.1) is 17.0 Å². The number of nitrogens with one attached hydrogen (secondary N) is 1. The van der Waals surface area contributed by atoms with Gasteiger partial charge in [-0.2, -0.15) is 0 Å². The van der Waals surface area contributed by atoms with Crippen molar-refractivity contribution in [1.82, 2.24) is 0 Å². The van der Waals surface area contributed by atoms with Crippen molar-refractivity contribution >= 4 is 34.1 Å². The number of benzene rings is 1. The predicted molar refractivity (Wildman–Crippen MR) is 87.9 cm³/mol. The molecule has 0 aliphatic carbocycles. The van der Waals surface area contributed by atoms with Crippen LogP contribution in [0.2, 0.25) is 0 Å². The van der Waals surface area contributed by atoms with Crippen LogP contribution in [-0.4, -0.2) is 24.4 Å². The fraction of sp³-hybridized carbons (Fsp3) is 0.188. The molecule has 2 amide bonds. The lowest BCUT2D eigenvalue weighted by molar-refractivity contribution is 0.0527. The van der Waals surface area contributed by atoms with Gasteiger partial charge in [0.15, 0.2) is 0 Å². The van der Waals surface area contributed by atoms with E-state index in [1.807, 2.05) is 0 Å². The third-order valence-electron chi connectivity index (χ3n) is 3.11. The first-order valence-electron chi connectivity index (χ1n) is 6.92. The van der Waals surface area contributed by atoms with Crippen LogP contribution in [-0.2, 0) is 4.74 Å². The number of anilines is 1. The van der Waals surface area contributed by atoms with Gasteiger partial charge in [-0.25, -0.2) is 4.79 Å². The molecule has 0 fully saturated rings. The Hall–Kier alpha value is -2.67. The Kier molecular flexibility index (Phi) is 5.13. The maximum absolute atomic E-state index is 12.3. The van der Waals surface area contributed by atoms with Gasteiger partial charge in [0.1, 0.15) is 5.00 Å². The zero-order valence-corrected chi connectivity index (χ0v) is 13.5. The van der Waals surface area contributed by atoms with E-state index in [1.54, 1.807) is 44.2 Å². The molecule has 6 nitrogen and oxygen atoms in total. The summed E-state index contributed by atoms with van der Waals surface area (Å²) >= 11 is 0.964. The second kappa shape index (κ2) is 7.06. The summed E-state index contributed by atoms with van der Waals surface area (Å²) < 4.78 is 4.99. The first-order valence-corrected chi connectivity index (χ1v) is 7.74. The highest BCUT2D eigenvalue weighted by Gasteiger charge is 2.25. The molecular formula is C16H16N2O4S. The second-order valence-corrected chi connectivity index (χ2v) is 5.69. The molecule has 3 N–H and O–H groups in total. The lowest BCUT2D eigenvalue weighted by Gasteiger charge is -2.07. The molecule has 23 heavy (non-hydrogen) atoms. The van der Waals surface area contributed by atoms with E-state index in [0.29, 0.717) is 11.1 Å². The van der Waals surface area contributed by atoms with E-state index in [-0.39, 0.29) is 28.0 Å². The normalized spacial score (nSPS) is 10.2. The van der Waals surface area contributed by atoms with Crippen LogP contribution in [0.25, 0.3) is 0 Å². The molecule has 2 rings (SSSR count). The van der Waals surface area contributed by atoms with Gasteiger partial charge < -0.3 is 15.8 Å². The minimum absolute atomic E-state index is 0.162. The molecule has 2 aromatic rings. The van der Waals surface area contributed by atoms with Crippen molar-refractivity contribution in [1.29, 1.82) is 0 Å². The van der Waals surface area contributed by atoms with Crippen LogP contribution < -0.4 is 11.1 Å². The minimum atomic E-state index is -0.654. The van der Waals surface area contributed by atoms with Crippen LogP contribution in [0, 0.1) is 6.92 Å². The molecule has 0 atom stereocenters. The number of carbonyl (C=O) groups excluding carboxylic acids is 3. The zero-order valence-electron chi connectivity index (χ0n) is 12.7. The van der Waals surface area contributed by atoms with Crippen LogP contribution >= 0.6 is 11.3 Å². The highest BCUT2D eigenvalue weighted by Crippen LogP contribution is 2.33. The van der Waals surface area contributed by atoms with Gasteiger partial charge in [0.25, 0.3) is 11.8 Å². The number of hydrogen-bond acceptors (Lipinski definition) is 5. The average Bonchev–Trinajstić information content (AvgIpc) is 2.85. The second-order valence-electron chi connectivity index (χ2n) is 4.67. The Bertz CT molecular complexity index is 753. The van der Waals surface area contributed by atoms with Gasteiger partial charge in [0.2, 0.25) is 0 Å². The number of hydrogen-bond donors (Lipinski definition) is 2. The maximum Gasteiger partial charge on any atom is 0.341 e. The predicted octanol–water partition coefficient (Wildman–Crippen LogP) is 2.58. The van der Waals surface area contributed by atoms with Gasteiger partial charge in [-0.15, -0.1) is 11.3 Å². The number of nitrogens with two attached hydrogens (primary N) is 1. The quantitative estimate of drug-likeness (QED) is 0.822. The lowest BCUT2D eigenvalue weighted by atomic mass is 10.1. The number of thiophene rings is 1. The van der Waals surface area contributed by atoms with Gasteiger partial charge in [-0.05, 0) is 31.5 Å². The van der Waals surface area contributed by atoms with Crippen LogP contribution in [0.1, 0.15) is 42.9 Å². The van der Waals surface area contributed by atoms with Crippen LogP contribution in [0.3, 0.4) is 0 Å². The SMILES string of the molecule is CCOC(=O)c1c(NC(=O)c2ccccc2)sc(C(N)=O)c1C. The molecule has 1 aromatic carbocycles. The van der Waals surface area contributed by atoms with Crippen molar-refractivity contribution in [3.8, 4) is 0 Å². The van der Waals surface area contributed by atoms with E-state index in [4.69, 9.17) is 10.5 Å². The number of rotatable bonds is 5. The largest absolute Gasteiger partial charge is 0.462 e. The number of esters is 1. The van der Waals surface area contributed by atoms with Crippen LogP contribution in [0.4, 0.5) is 5.00 Å². The van der Waals surface area contributed by atoms with E-state index in [9.17, 15) is 14.4 Å². The summed E-state index contributed by atoms with van der Waals surface area (Å²) in [5.41, 5.74) is 6.33. The van der Waals surface area contributed by atoms with Gasteiger partial charge in [0, 0.05) is 5.56 Å². The van der Waals surface area contributed by atoms with Crippen molar-refractivity contribution < 1.29 is 19.1 Å². The van der Waals surface area contributed by atoms with Crippen molar-refractivity contribution in [2.24, 2.45) is 5.73 Å². The molecule has 0 radical (unpaired) electrons. The fourth-order valence-corrected chi connectivity index (χ4v) is 3.09. The molecule has 0 aliphatic rings. The van der Waals surface area contributed by atoms with Crippen molar-refractivity contribution in [2.45, 2.75) is 13.8 Å². The average molecular weight is 332 g/mol. The number of primary amides is 1. The van der Waals surface area contributed by atoms with E-state index in [0.717, 1.165) is 11.3 Å². The van der Waals surface area contributed by atoms with Crippen LogP contribution in [0.5, 0.6) is 0 Å². The summed E-state index contributed by atoms with van der Waals surface area (Å²) in [7, 11) is 0. The summed E-state index contributed by atoms with van der Waals surface area (Å²) in [4.78, 5) is 36.1. The van der Waals surface area contributed by atoms with E-state index in [2.05, 4.69) is 5.32 Å². The number of amides is 2. The van der Waals surface area contributed by atoms with E-state index in [1.165, 1.54) is 0 Å². The first-order chi connectivity index (χ1) is 11.0. The third-order valence-corrected chi connectivity index (χ3v) is 4.33. The summed E-state index contributed by atoms with van der Waals surface area (Å²) in [5, 5.41) is 2.91. The first kappa shape index (κ1) is 16.7. The standard InChI is InChI=1S/C16H16N2O4S/c1-3-22-16(21)11-9(2)12(13(17)19)23-15(11)18-14(20)10-7-5-4-6-8-10/h4-8H,3H2,1-2H3,(H2,17,19)(H,18,20).